The molecule has 3 atom stereocenters. The average molecular weight is 364 g/mol. The number of nitrogens with zero attached hydrogens (tertiary/aromatic N) is 1. The van der Waals surface area contributed by atoms with Crippen molar-refractivity contribution in [2.24, 2.45) is 0 Å². The van der Waals surface area contributed by atoms with Crippen molar-refractivity contribution in [1.29, 1.82) is 0 Å². The third kappa shape index (κ3) is 4.10. The summed E-state index contributed by atoms with van der Waals surface area (Å²) in [6, 6.07) is -0.109. The molecule has 0 unspecified atom stereocenters. The number of ether oxygens (including phenoxy) is 3. The molecule has 0 aromatic rings. The van der Waals surface area contributed by atoms with Gasteiger partial charge in [0, 0.05) is 38.4 Å². The Morgan fingerprint density at radius 3 is 2.69 bits per heavy atom. The topological polar surface area (TPSA) is 77.1 Å². The lowest BCUT2D eigenvalue weighted by Crippen LogP contribution is -2.49. The van der Waals surface area contributed by atoms with Crippen LogP contribution >= 0.6 is 0 Å². The highest BCUT2D eigenvalue weighted by Gasteiger charge is 2.49. The molecule has 1 aliphatic carbocycles. The summed E-state index contributed by atoms with van der Waals surface area (Å²) in [7, 11) is 0. The Labute approximate surface area is 154 Å². The molecule has 7 heteroatoms. The summed E-state index contributed by atoms with van der Waals surface area (Å²) in [6.45, 7) is 2.55. The van der Waals surface area contributed by atoms with Gasteiger partial charge in [-0.15, -0.1) is 0 Å². The quantitative estimate of drug-likeness (QED) is 0.705. The Balaban J connectivity index is 1.33. The molecule has 0 bridgehead atoms. The lowest BCUT2D eigenvalue weighted by atomic mass is 10.1. The largest absolute Gasteiger partial charge is 0.381 e. The zero-order chi connectivity index (χ0) is 17.9. The van der Waals surface area contributed by atoms with Crippen LogP contribution in [0.5, 0.6) is 0 Å². The summed E-state index contributed by atoms with van der Waals surface area (Å²) in [4.78, 5) is 27.1. The number of carbonyl (C=O) groups is 2. The van der Waals surface area contributed by atoms with E-state index in [2.05, 4.69) is 5.32 Å². The van der Waals surface area contributed by atoms with E-state index in [1.54, 1.807) is 17.1 Å². The van der Waals surface area contributed by atoms with E-state index in [-0.39, 0.29) is 30.1 Å². The maximum atomic E-state index is 12.8. The minimum absolute atomic E-state index is 0.0125. The molecule has 1 saturated carbocycles. The monoisotopic (exact) mass is 364 g/mol. The second kappa shape index (κ2) is 8.06. The van der Waals surface area contributed by atoms with Crippen molar-refractivity contribution in [2.75, 3.05) is 26.4 Å². The second-order valence-corrected chi connectivity index (χ2v) is 7.59. The van der Waals surface area contributed by atoms with E-state index >= 15 is 0 Å². The third-order valence-electron chi connectivity index (χ3n) is 5.66. The van der Waals surface area contributed by atoms with Gasteiger partial charge in [0.05, 0.1) is 24.9 Å². The minimum atomic E-state index is -0.417. The summed E-state index contributed by atoms with van der Waals surface area (Å²) in [5.74, 6) is -0.153. The lowest BCUT2D eigenvalue weighted by molar-refractivity contribution is -0.136. The molecular formula is C19H28N2O5. The highest BCUT2D eigenvalue weighted by atomic mass is 16.5. The molecule has 7 nitrogen and oxygen atoms in total. The first-order chi connectivity index (χ1) is 12.7. The van der Waals surface area contributed by atoms with E-state index in [0.717, 1.165) is 45.3 Å². The van der Waals surface area contributed by atoms with Crippen molar-refractivity contribution in [3.8, 4) is 0 Å². The summed E-state index contributed by atoms with van der Waals surface area (Å²) >= 11 is 0. The van der Waals surface area contributed by atoms with Gasteiger partial charge in [-0.2, -0.15) is 0 Å². The van der Waals surface area contributed by atoms with E-state index in [9.17, 15) is 9.59 Å². The van der Waals surface area contributed by atoms with Crippen LogP contribution in [0.4, 0.5) is 0 Å². The Hall–Kier alpha value is -1.44. The Morgan fingerprint density at radius 1 is 1.12 bits per heavy atom. The number of likely N-dealkylation sites (tertiary alicyclic amines) is 1. The van der Waals surface area contributed by atoms with Crippen LogP contribution in [0.1, 0.15) is 38.5 Å². The fourth-order valence-corrected chi connectivity index (χ4v) is 4.09. The van der Waals surface area contributed by atoms with Crippen molar-refractivity contribution in [2.45, 2.75) is 68.9 Å². The molecule has 3 heterocycles. The molecule has 0 aromatic carbocycles. The van der Waals surface area contributed by atoms with Crippen LogP contribution in [0.25, 0.3) is 0 Å². The van der Waals surface area contributed by atoms with Crippen molar-refractivity contribution in [3.63, 3.8) is 0 Å². The van der Waals surface area contributed by atoms with Gasteiger partial charge in [0.25, 0.3) is 0 Å². The maximum absolute atomic E-state index is 12.8. The van der Waals surface area contributed by atoms with Gasteiger partial charge >= 0.3 is 0 Å². The normalized spacial score (nSPS) is 32.2. The zero-order valence-electron chi connectivity index (χ0n) is 15.1. The summed E-state index contributed by atoms with van der Waals surface area (Å²) in [6.07, 6.45) is 8.79. The van der Waals surface area contributed by atoms with Gasteiger partial charge in [-0.25, -0.2) is 0 Å². The van der Waals surface area contributed by atoms with Crippen LogP contribution in [-0.4, -0.2) is 73.5 Å². The average Bonchev–Trinajstić information content (AvgIpc) is 3.21. The van der Waals surface area contributed by atoms with Gasteiger partial charge < -0.3 is 24.4 Å². The van der Waals surface area contributed by atoms with Gasteiger partial charge in [-0.3, -0.25) is 9.59 Å². The summed E-state index contributed by atoms with van der Waals surface area (Å²) < 4.78 is 16.8. The molecule has 26 heavy (non-hydrogen) atoms. The van der Waals surface area contributed by atoms with Gasteiger partial charge in [0.1, 0.15) is 6.04 Å². The first-order valence-electron chi connectivity index (χ1n) is 9.82. The molecule has 0 radical (unpaired) electrons. The molecule has 3 aliphatic heterocycles. The maximum Gasteiger partial charge on any atom is 0.247 e. The SMILES string of the molecule is O=C(NC1CC1)[C@@H]1C[C@@H]2OCC[C@@H]2N1C(=O)/C=C/COC1CCOCC1. The predicted octanol–water partition coefficient (Wildman–Crippen LogP) is 0.775. The van der Waals surface area contributed by atoms with Crippen LogP contribution < -0.4 is 5.32 Å². The van der Waals surface area contributed by atoms with Crippen LogP contribution in [0.15, 0.2) is 12.2 Å². The number of rotatable bonds is 6. The molecule has 0 spiro atoms. The number of hydrogen-bond acceptors (Lipinski definition) is 5. The van der Waals surface area contributed by atoms with Gasteiger partial charge in [0.15, 0.2) is 0 Å². The number of nitrogens with one attached hydrogen (secondary N) is 1. The molecule has 2 amide bonds. The van der Waals surface area contributed by atoms with Crippen molar-refractivity contribution < 1.29 is 23.8 Å². The van der Waals surface area contributed by atoms with Crippen molar-refractivity contribution >= 4 is 11.8 Å². The third-order valence-corrected chi connectivity index (χ3v) is 5.66. The number of carbonyl (C=O) groups excluding carboxylic acids is 2. The molecule has 144 valence electrons. The van der Waals surface area contributed by atoms with Crippen molar-refractivity contribution in [3.05, 3.63) is 12.2 Å². The number of fused-ring (bicyclic) bond motifs is 1. The van der Waals surface area contributed by atoms with Crippen LogP contribution in [0.2, 0.25) is 0 Å². The molecule has 1 N–H and O–H groups in total. The Morgan fingerprint density at radius 2 is 1.92 bits per heavy atom. The van der Waals surface area contributed by atoms with Crippen LogP contribution in [0, 0.1) is 0 Å². The molecular weight excluding hydrogens is 336 g/mol. The minimum Gasteiger partial charge on any atom is -0.381 e. The van der Waals surface area contributed by atoms with Gasteiger partial charge in [-0.05, 0) is 32.1 Å². The highest BCUT2D eigenvalue weighted by molar-refractivity contribution is 5.94. The summed E-state index contributed by atoms with van der Waals surface area (Å²) in [5.41, 5.74) is 0. The molecule has 0 aromatic heterocycles. The van der Waals surface area contributed by atoms with Gasteiger partial charge in [0.2, 0.25) is 11.8 Å². The predicted molar refractivity (Wildman–Crippen MR) is 93.5 cm³/mol. The smallest absolute Gasteiger partial charge is 0.247 e. The molecule has 4 rings (SSSR count). The van der Waals surface area contributed by atoms with Gasteiger partial charge in [-0.1, -0.05) is 6.08 Å². The highest BCUT2D eigenvalue weighted by Crippen LogP contribution is 2.34. The van der Waals surface area contributed by atoms with E-state index in [4.69, 9.17) is 14.2 Å². The Kier molecular flexibility index (Phi) is 5.57. The first-order valence-corrected chi connectivity index (χ1v) is 9.82. The van der Waals surface area contributed by atoms with E-state index in [1.165, 1.54) is 0 Å². The van der Waals surface area contributed by atoms with E-state index in [0.29, 0.717) is 25.7 Å². The standard InChI is InChI=1S/C19H28N2O5/c22-18(2-1-8-25-14-5-9-24-10-6-14)21-15-7-11-26-17(15)12-16(21)19(23)20-13-3-4-13/h1-2,13-17H,3-12H2,(H,20,23)/b2-1+/t15-,16-,17-/m0/s1. The first kappa shape index (κ1) is 17.9. The molecule has 4 aliphatic rings. The Bertz CT molecular complexity index is 556. The number of amides is 2. The lowest BCUT2D eigenvalue weighted by Gasteiger charge is -2.27. The fourth-order valence-electron chi connectivity index (χ4n) is 4.09. The molecule has 3 saturated heterocycles. The second-order valence-electron chi connectivity index (χ2n) is 7.59. The van der Waals surface area contributed by atoms with Crippen LogP contribution in [-0.2, 0) is 23.8 Å². The van der Waals surface area contributed by atoms with E-state index < -0.39 is 6.04 Å². The van der Waals surface area contributed by atoms with E-state index in [1.807, 2.05) is 0 Å². The molecule has 4 fully saturated rings. The summed E-state index contributed by atoms with van der Waals surface area (Å²) in [5, 5.41) is 3.03. The van der Waals surface area contributed by atoms with Crippen molar-refractivity contribution in [1.82, 2.24) is 10.2 Å². The van der Waals surface area contributed by atoms with Crippen LogP contribution in [0.3, 0.4) is 0 Å². The zero-order valence-corrected chi connectivity index (χ0v) is 15.1. The number of hydrogen-bond donors (Lipinski definition) is 1. The fraction of sp³-hybridized carbons (Fsp3) is 0.789.